The number of amidine groups is 1. The van der Waals surface area contributed by atoms with E-state index in [1.165, 1.54) is 37.4 Å². The lowest BCUT2D eigenvalue weighted by atomic mass is 9.90. The van der Waals surface area contributed by atoms with Crippen molar-refractivity contribution in [3.63, 3.8) is 0 Å². The minimum absolute atomic E-state index is 0.0638. The number of alkyl halides is 2. The number of nitrogens with two attached hydrogens (primary N) is 1. The van der Waals surface area contributed by atoms with E-state index in [-0.39, 0.29) is 34.5 Å². The van der Waals surface area contributed by atoms with E-state index in [2.05, 4.69) is 15.3 Å². The van der Waals surface area contributed by atoms with Crippen LogP contribution in [0.1, 0.15) is 28.5 Å². The van der Waals surface area contributed by atoms with Crippen molar-refractivity contribution in [3.8, 4) is 5.75 Å². The van der Waals surface area contributed by atoms with Gasteiger partial charge >= 0.3 is 0 Å². The quantitative estimate of drug-likeness (QED) is 0.745. The van der Waals surface area contributed by atoms with E-state index in [9.17, 15) is 18.0 Å². The second kappa shape index (κ2) is 8.44. The number of nitrogens with zero attached hydrogens (tertiary/aromatic N) is 2. The van der Waals surface area contributed by atoms with Gasteiger partial charge in [0.1, 0.15) is 35.2 Å². The molecule has 2 aromatic rings. The fraction of sp³-hybridized carbons (Fsp3) is 0.250. The Hall–Kier alpha value is -3.56. The summed E-state index contributed by atoms with van der Waals surface area (Å²) in [7, 11) is 0. The molecule has 2 heterocycles. The topological polar surface area (TPSA) is 98.8 Å². The largest absolute Gasteiger partial charge is 0.461 e. The summed E-state index contributed by atoms with van der Waals surface area (Å²) in [5.41, 5.74) is 5.15. The molecule has 0 unspecified atom stereocenters. The lowest BCUT2D eigenvalue weighted by Gasteiger charge is -2.28. The second-order valence-electron chi connectivity index (χ2n) is 6.68. The summed E-state index contributed by atoms with van der Waals surface area (Å²) in [4.78, 5) is 20.7. The van der Waals surface area contributed by atoms with Gasteiger partial charge in [-0.15, -0.1) is 0 Å². The van der Waals surface area contributed by atoms with Gasteiger partial charge in [-0.1, -0.05) is 0 Å². The van der Waals surface area contributed by atoms with E-state index in [4.69, 9.17) is 15.2 Å². The number of pyridine rings is 1. The Balaban J connectivity index is 1.90. The monoisotopic (exact) mass is 420 g/mol. The van der Waals surface area contributed by atoms with Crippen LogP contribution in [0.3, 0.4) is 0 Å². The number of nitrogens with one attached hydrogen (secondary N) is 1. The highest BCUT2D eigenvalue weighted by atomic mass is 19.1. The van der Waals surface area contributed by atoms with E-state index in [0.29, 0.717) is 5.56 Å². The summed E-state index contributed by atoms with van der Waals surface area (Å²) in [6.45, 7) is 1.21. The van der Waals surface area contributed by atoms with Crippen molar-refractivity contribution in [1.29, 1.82) is 0 Å². The van der Waals surface area contributed by atoms with Crippen molar-refractivity contribution in [1.82, 2.24) is 4.98 Å². The number of benzene rings is 1. The normalized spacial score (nSPS) is 18.2. The number of ether oxygens (including phenoxy) is 2. The van der Waals surface area contributed by atoms with Crippen molar-refractivity contribution < 1.29 is 27.4 Å². The van der Waals surface area contributed by atoms with Gasteiger partial charge in [0.25, 0.3) is 11.9 Å². The van der Waals surface area contributed by atoms with Crippen molar-refractivity contribution in [2.24, 2.45) is 10.7 Å². The lowest BCUT2D eigenvalue weighted by Crippen LogP contribution is -2.31. The molecule has 0 bridgehead atoms. The highest BCUT2D eigenvalue weighted by Gasteiger charge is 2.32. The predicted octanol–water partition coefficient (Wildman–Crippen LogP) is 3.50. The van der Waals surface area contributed by atoms with Crippen LogP contribution in [0.15, 0.2) is 47.3 Å². The third kappa shape index (κ3) is 4.37. The molecule has 1 amide bonds. The molecule has 1 aromatic carbocycles. The highest BCUT2D eigenvalue weighted by molar-refractivity contribution is 6.03. The molecule has 1 aromatic heterocycles. The number of hydrogen-bond acceptors (Lipinski definition) is 6. The molecule has 0 aliphatic carbocycles. The Bertz CT molecular complexity index is 1040. The first-order valence-corrected chi connectivity index (χ1v) is 8.83. The van der Waals surface area contributed by atoms with E-state index in [1.54, 1.807) is 6.92 Å². The fourth-order valence-corrected chi connectivity index (χ4v) is 3.07. The van der Waals surface area contributed by atoms with Crippen LogP contribution in [0.4, 0.5) is 18.9 Å². The van der Waals surface area contributed by atoms with Gasteiger partial charge in [-0.3, -0.25) is 4.79 Å². The van der Waals surface area contributed by atoms with Gasteiger partial charge in [0.15, 0.2) is 0 Å². The number of aromatic nitrogens is 1. The zero-order chi connectivity index (χ0) is 21.9. The van der Waals surface area contributed by atoms with Gasteiger partial charge in [0, 0.05) is 11.3 Å². The van der Waals surface area contributed by atoms with Crippen LogP contribution >= 0.6 is 0 Å². The van der Waals surface area contributed by atoms with Crippen LogP contribution in [0, 0.1) is 12.7 Å². The second-order valence-corrected chi connectivity index (χ2v) is 6.68. The molecule has 7 nitrogen and oxygen atoms in total. The Morgan fingerprint density at radius 2 is 2.10 bits per heavy atom. The molecule has 0 saturated heterocycles. The predicted molar refractivity (Wildman–Crippen MR) is 104 cm³/mol. The third-order valence-electron chi connectivity index (χ3n) is 4.41. The van der Waals surface area contributed by atoms with Crippen molar-refractivity contribution in [2.75, 3.05) is 18.9 Å². The van der Waals surface area contributed by atoms with E-state index < -0.39 is 30.8 Å². The van der Waals surface area contributed by atoms with Gasteiger partial charge in [-0.2, -0.15) is 0 Å². The minimum atomic E-state index is -1.33. The lowest BCUT2D eigenvalue weighted by molar-refractivity contribution is 0.102. The van der Waals surface area contributed by atoms with Crippen LogP contribution in [0.2, 0.25) is 0 Å². The number of rotatable bonds is 6. The summed E-state index contributed by atoms with van der Waals surface area (Å²) in [6.07, 6.45) is 2.55. The SMILES string of the molecule is Cc1cc(OCF)cnc1C(=O)Nc1ccc(F)c([C@]2(C)C=C(CF)OC(N)=N2)c1. The number of anilines is 1. The van der Waals surface area contributed by atoms with Crippen LogP contribution < -0.4 is 15.8 Å². The molecule has 3 N–H and O–H groups in total. The smallest absolute Gasteiger partial charge is 0.288 e. The Morgan fingerprint density at radius 1 is 1.33 bits per heavy atom. The fourth-order valence-electron chi connectivity index (χ4n) is 3.07. The van der Waals surface area contributed by atoms with Gasteiger partial charge in [-0.25, -0.2) is 23.1 Å². The summed E-state index contributed by atoms with van der Waals surface area (Å²) < 4.78 is 49.6. The zero-order valence-corrected chi connectivity index (χ0v) is 16.2. The number of halogens is 3. The summed E-state index contributed by atoms with van der Waals surface area (Å²) in [6, 6.07) is 5.07. The minimum Gasteiger partial charge on any atom is -0.461 e. The maximum atomic E-state index is 14.6. The molecule has 1 atom stereocenters. The maximum absolute atomic E-state index is 14.6. The molecule has 10 heteroatoms. The molecular formula is C20H19F3N4O3. The number of carbonyl (C=O) groups excluding carboxylic acids is 1. The van der Waals surface area contributed by atoms with E-state index in [0.717, 1.165) is 6.07 Å². The number of aliphatic imine (C=N–C) groups is 1. The maximum Gasteiger partial charge on any atom is 0.288 e. The number of hydrogen-bond donors (Lipinski definition) is 2. The van der Waals surface area contributed by atoms with E-state index in [1.807, 2.05) is 0 Å². The van der Waals surface area contributed by atoms with Crippen molar-refractivity contribution in [2.45, 2.75) is 19.4 Å². The average molecular weight is 420 g/mol. The third-order valence-corrected chi connectivity index (χ3v) is 4.41. The molecule has 0 saturated carbocycles. The van der Waals surface area contributed by atoms with Crippen LogP contribution in [-0.2, 0) is 10.3 Å². The number of amides is 1. The molecule has 0 radical (unpaired) electrons. The van der Waals surface area contributed by atoms with Gasteiger partial charge in [-0.05, 0) is 49.8 Å². The summed E-state index contributed by atoms with van der Waals surface area (Å²) >= 11 is 0. The average Bonchev–Trinajstić information content (AvgIpc) is 2.69. The molecule has 158 valence electrons. The van der Waals surface area contributed by atoms with Crippen molar-refractivity contribution >= 4 is 17.6 Å². The first-order chi connectivity index (χ1) is 14.3. The van der Waals surface area contributed by atoms with Crippen LogP contribution in [-0.4, -0.2) is 30.4 Å². The zero-order valence-electron chi connectivity index (χ0n) is 16.2. The first-order valence-electron chi connectivity index (χ1n) is 8.83. The first kappa shape index (κ1) is 21.2. The molecule has 0 fully saturated rings. The summed E-state index contributed by atoms with van der Waals surface area (Å²) in [5, 5.41) is 2.62. The number of allylic oxidation sites excluding steroid dienone is 1. The molecule has 1 aliphatic rings. The Kier molecular flexibility index (Phi) is 5.95. The van der Waals surface area contributed by atoms with Crippen molar-refractivity contribution in [3.05, 3.63) is 64.9 Å². The summed E-state index contributed by atoms with van der Waals surface area (Å²) in [5.74, 6) is -1.08. The molecule has 30 heavy (non-hydrogen) atoms. The molecule has 0 spiro atoms. The van der Waals surface area contributed by atoms with Gasteiger partial charge in [0.05, 0.1) is 6.20 Å². The molecule has 1 aliphatic heterocycles. The van der Waals surface area contributed by atoms with E-state index >= 15 is 0 Å². The van der Waals surface area contributed by atoms with Gasteiger partial charge < -0.3 is 20.5 Å². The highest BCUT2D eigenvalue weighted by Crippen LogP contribution is 2.35. The standard InChI is InChI=1S/C20H19F3N4O3/c1-11-5-13(29-10-22)9-25-17(11)18(28)26-12-3-4-16(23)15(6-12)20(2)7-14(8-21)30-19(24)27-20/h3-7,9H,8,10H2,1-2H3,(H2,24,27)(H,26,28)/t20-/m0/s1. The van der Waals surface area contributed by atoms with Crippen LogP contribution in [0.25, 0.3) is 0 Å². The Morgan fingerprint density at radius 3 is 2.77 bits per heavy atom. The molecule has 3 rings (SSSR count). The Labute approximate surface area is 170 Å². The molecular weight excluding hydrogens is 401 g/mol. The number of aryl methyl sites for hydroxylation is 1. The number of carbonyl (C=O) groups is 1. The van der Waals surface area contributed by atoms with Gasteiger partial charge in [0.2, 0.25) is 6.86 Å². The van der Waals surface area contributed by atoms with Crippen LogP contribution in [0.5, 0.6) is 5.75 Å².